The molecule has 0 aliphatic carbocycles. The Hall–Kier alpha value is -4.81. The first-order valence-corrected chi connectivity index (χ1v) is 17.9. The minimum absolute atomic E-state index is 0.0704. The van der Waals surface area contributed by atoms with Crippen molar-refractivity contribution in [2.75, 3.05) is 6.16 Å². The summed E-state index contributed by atoms with van der Waals surface area (Å²) in [5, 5.41) is 2.82. The number of carbonyl (C=O) groups excluding carboxylic acids is 2. The number of amides is 1. The second kappa shape index (κ2) is 16.8. The highest BCUT2D eigenvalue weighted by atomic mass is 31.2. The van der Waals surface area contributed by atoms with Crippen LogP contribution in [0.25, 0.3) is 11.1 Å². The lowest BCUT2D eigenvalue weighted by molar-refractivity contribution is -0.148. The van der Waals surface area contributed by atoms with Crippen molar-refractivity contribution in [3.8, 4) is 11.1 Å². The zero-order valence-electron chi connectivity index (χ0n) is 27.0. The van der Waals surface area contributed by atoms with Gasteiger partial charge in [-0.05, 0) is 46.7 Å². The predicted molar refractivity (Wildman–Crippen MR) is 190 cm³/mol. The van der Waals surface area contributed by atoms with Gasteiger partial charge in [-0.1, -0.05) is 146 Å². The third-order valence-corrected chi connectivity index (χ3v) is 10.8. The molecule has 0 aliphatic heterocycles. The fraction of sp³-hybridized carbons (Fsp3) is 0.200. The summed E-state index contributed by atoms with van der Waals surface area (Å²) in [6, 6.07) is 44.9. The van der Waals surface area contributed by atoms with Crippen LogP contribution in [0.15, 0.2) is 146 Å². The van der Waals surface area contributed by atoms with E-state index in [1.54, 1.807) is 6.92 Å². The summed E-state index contributed by atoms with van der Waals surface area (Å²) in [6.07, 6.45) is 0.126. The summed E-state index contributed by atoms with van der Waals surface area (Å²) in [4.78, 5) is 26.9. The first-order chi connectivity index (χ1) is 23.3. The summed E-state index contributed by atoms with van der Waals surface area (Å²) in [5.74, 6) is -2.79. The molecule has 5 aromatic rings. The molecule has 5 aromatic carbocycles. The fourth-order valence-corrected chi connectivity index (χ4v) is 7.82. The Balaban J connectivity index is 1.39. The Labute approximate surface area is 282 Å². The molecule has 5 rings (SSSR count). The fourth-order valence-electron chi connectivity index (χ4n) is 5.42. The number of nitrogens with two attached hydrogens (primary N) is 1. The molecule has 246 valence electrons. The molecular weight excluding hydrogens is 619 g/mol. The van der Waals surface area contributed by atoms with Crippen LogP contribution in [0.1, 0.15) is 35.0 Å². The molecule has 0 radical (unpaired) electrons. The molecule has 0 saturated heterocycles. The highest BCUT2D eigenvalue weighted by Crippen LogP contribution is 2.59. The number of rotatable bonds is 15. The largest absolute Gasteiger partial charge is 0.459 e. The van der Waals surface area contributed by atoms with Crippen LogP contribution in [0.2, 0.25) is 0 Å². The van der Waals surface area contributed by atoms with Gasteiger partial charge in [-0.2, -0.15) is 0 Å². The molecule has 1 unspecified atom stereocenters. The number of nitrogens with one attached hydrogen (secondary N) is 1. The van der Waals surface area contributed by atoms with Crippen molar-refractivity contribution in [1.82, 2.24) is 5.32 Å². The number of esters is 1. The van der Waals surface area contributed by atoms with E-state index in [-0.39, 0.29) is 25.8 Å². The number of carbonyl (C=O) groups is 2. The minimum atomic E-state index is -3.72. The Bertz CT molecular complexity index is 1790. The molecule has 0 spiro atoms. The van der Waals surface area contributed by atoms with Crippen LogP contribution in [0, 0.1) is 5.92 Å². The van der Waals surface area contributed by atoms with E-state index in [1.165, 1.54) is 0 Å². The lowest BCUT2D eigenvalue weighted by Gasteiger charge is -2.29. The topological polar surface area (TPSA) is 108 Å². The predicted octanol–water partition coefficient (Wildman–Crippen LogP) is 7.91. The van der Waals surface area contributed by atoms with E-state index >= 15 is 0 Å². The van der Waals surface area contributed by atoms with Crippen LogP contribution in [0.4, 0.5) is 0 Å². The summed E-state index contributed by atoms with van der Waals surface area (Å²) >= 11 is 0. The first-order valence-electron chi connectivity index (χ1n) is 16.0. The maximum atomic E-state index is 14.9. The average Bonchev–Trinajstić information content (AvgIpc) is 3.14. The number of hydrogen-bond donors (Lipinski definition) is 2. The molecule has 4 atom stereocenters. The number of hydrogen-bond acceptors (Lipinski definition) is 6. The van der Waals surface area contributed by atoms with E-state index in [1.807, 2.05) is 146 Å². The molecular formula is C40H41N2O5P. The second-order valence-corrected chi connectivity index (χ2v) is 14.4. The lowest BCUT2D eigenvalue weighted by atomic mass is 9.97. The summed E-state index contributed by atoms with van der Waals surface area (Å²) in [7, 11) is -3.72. The third-order valence-electron chi connectivity index (χ3n) is 8.18. The second-order valence-electron chi connectivity index (χ2n) is 11.8. The van der Waals surface area contributed by atoms with E-state index in [2.05, 4.69) is 5.32 Å². The van der Waals surface area contributed by atoms with E-state index in [0.29, 0.717) is 5.56 Å². The maximum Gasteiger partial charge on any atom is 0.328 e. The van der Waals surface area contributed by atoms with Gasteiger partial charge in [0.2, 0.25) is 13.3 Å². The molecule has 3 N–H and O–H groups in total. The van der Waals surface area contributed by atoms with Gasteiger partial charge in [-0.3, -0.25) is 9.36 Å². The third kappa shape index (κ3) is 9.61. The van der Waals surface area contributed by atoms with Crippen molar-refractivity contribution in [2.45, 2.75) is 38.4 Å². The number of ether oxygens (including phenoxy) is 1. The van der Waals surface area contributed by atoms with Crippen molar-refractivity contribution >= 4 is 19.2 Å². The van der Waals surface area contributed by atoms with E-state index in [9.17, 15) is 14.2 Å². The smallest absolute Gasteiger partial charge is 0.328 e. The molecule has 0 saturated carbocycles. The first kappa shape index (κ1) is 34.5. The molecule has 0 heterocycles. The average molecular weight is 661 g/mol. The molecule has 48 heavy (non-hydrogen) atoms. The number of benzene rings is 5. The Kier molecular flexibility index (Phi) is 12.1. The van der Waals surface area contributed by atoms with Crippen molar-refractivity contribution in [1.29, 1.82) is 0 Å². The monoisotopic (exact) mass is 660 g/mol. The molecule has 7 nitrogen and oxygen atoms in total. The van der Waals surface area contributed by atoms with Gasteiger partial charge in [-0.15, -0.1) is 0 Å². The van der Waals surface area contributed by atoms with Crippen LogP contribution in [-0.2, 0) is 43.0 Å². The van der Waals surface area contributed by atoms with Crippen molar-refractivity contribution in [3.63, 3.8) is 0 Å². The molecule has 8 heteroatoms. The van der Waals surface area contributed by atoms with Crippen molar-refractivity contribution < 1.29 is 23.4 Å². The summed E-state index contributed by atoms with van der Waals surface area (Å²) in [5.41, 5.74) is 12.0. The molecule has 0 aromatic heterocycles. The Morgan fingerprint density at radius 3 is 1.75 bits per heavy atom. The molecule has 0 bridgehead atoms. The van der Waals surface area contributed by atoms with Crippen LogP contribution in [0.3, 0.4) is 0 Å². The zero-order chi connectivity index (χ0) is 33.8. The van der Waals surface area contributed by atoms with Crippen molar-refractivity contribution in [3.05, 3.63) is 168 Å². The Morgan fingerprint density at radius 1 is 0.667 bits per heavy atom. The maximum absolute atomic E-state index is 14.9. The lowest BCUT2D eigenvalue weighted by Crippen LogP contribution is -2.44. The van der Waals surface area contributed by atoms with Gasteiger partial charge in [0.25, 0.3) is 0 Å². The van der Waals surface area contributed by atoms with Gasteiger partial charge < -0.3 is 20.3 Å². The highest BCUT2D eigenvalue weighted by Gasteiger charge is 2.38. The zero-order valence-corrected chi connectivity index (χ0v) is 27.9. The quantitative estimate of drug-likeness (QED) is 0.0873. The van der Waals surface area contributed by atoms with Gasteiger partial charge >= 0.3 is 5.97 Å². The summed E-state index contributed by atoms with van der Waals surface area (Å²) < 4.78 is 26.6. The van der Waals surface area contributed by atoms with Crippen LogP contribution < -0.4 is 11.1 Å². The van der Waals surface area contributed by atoms with Gasteiger partial charge in [0.05, 0.1) is 12.5 Å². The van der Waals surface area contributed by atoms with Crippen LogP contribution in [-0.4, -0.2) is 24.1 Å². The van der Waals surface area contributed by atoms with E-state index in [0.717, 1.165) is 27.8 Å². The van der Waals surface area contributed by atoms with Crippen molar-refractivity contribution in [2.24, 2.45) is 11.7 Å². The van der Waals surface area contributed by atoms with Crippen LogP contribution >= 0.6 is 7.37 Å². The molecule has 1 amide bonds. The molecule has 0 fully saturated rings. The van der Waals surface area contributed by atoms with Gasteiger partial charge in [-0.25, -0.2) is 4.79 Å². The normalized spacial score (nSPS) is 14.2. The molecule has 0 aliphatic rings. The van der Waals surface area contributed by atoms with E-state index < -0.39 is 37.0 Å². The summed E-state index contributed by atoms with van der Waals surface area (Å²) in [6.45, 7) is 1.74. The standard InChI is InChI=1S/C40H41N2O5P/c1-30(40(44)46-27-32-14-6-2-7-15-32)42-39(43)37(26-31-22-24-35(25-23-31)34-18-10-4-11-19-34)29-48(45,38(41)36-20-12-5-13-21-36)47-28-33-16-8-3-9-17-33/h2-25,30,37-38H,26-29,41H2,1H3,(H,42,43)/t30-,37+,38+,48?/m0/s1. The van der Waals surface area contributed by atoms with Crippen LogP contribution in [0.5, 0.6) is 0 Å². The van der Waals surface area contributed by atoms with Gasteiger partial charge in [0.1, 0.15) is 18.4 Å². The van der Waals surface area contributed by atoms with Gasteiger partial charge in [0.15, 0.2) is 0 Å². The van der Waals surface area contributed by atoms with Gasteiger partial charge in [0, 0.05) is 6.16 Å². The SMILES string of the molecule is C[C@H](NC(=O)[C@H](Cc1ccc(-c2ccccc2)cc1)CP(=O)(OCc1ccccc1)[C@@H](N)c1ccccc1)C(=O)OCc1ccccc1. The Morgan fingerprint density at radius 2 is 1.17 bits per heavy atom. The minimum Gasteiger partial charge on any atom is -0.459 e. The highest BCUT2D eigenvalue weighted by molar-refractivity contribution is 7.59. The van der Waals surface area contributed by atoms with E-state index in [4.69, 9.17) is 15.0 Å².